The van der Waals surface area contributed by atoms with E-state index in [0.717, 1.165) is 23.3 Å². The van der Waals surface area contributed by atoms with E-state index in [2.05, 4.69) is 12.6 Å². The summed E-state index contributed by atoms with van der Waals surface area (Å²) in [6.07, 6.45) is 0.437. The summed E-state index contributed by atoms with van der Waals surface area (Å²) in [5, 5.41) is 9.90. The Morgan fingerprint density at radius 2 is 2.15 bits per heavy atom. The molecule has 2 heteroatoms. The van der Waals surface area contributed by atoms with Gasteiger partial charge in [-0.3, -0.25) is 0 Å². The summed E-state index contributed by atoms with van der Waals surface area (Å²) in [6, 6.07) is 8.00. The highest BCUT2D eigenvalue weighted by atomic mass is 32.2. The number of hydrogen-bond donors (Lipinski definition) is 1. The monoisotopic (exact) mass is 192 g/mol. The van der Waals surface area contributed by atoms with E-state index in [1.54, 1.807) is 11.8 Å². The first kappa shape index (κ1) is 8.85. The van der Waals surface area contributed by atoms with Gasteiger partial charge in [-0.05, 0) is 23.6 Å². The minimum absolute atomic E-state index is 0.466. The van der Waals surface area contributed by atoms with Gasteiger partial charge >= 0.3 is 0 Å². The second-order valence-electron chi connectivity index (χ2n) is 3.20. The molecular weight excluding hydrogens is 180 g/mol. The lowest BCUT2D eigenvalue weighted by Crippen LogP contribution is -1.99. The number of aliphatic hydroxyl groups excluding tert-OH is 1. The van der Waals surface area contributed by atoms with Crippen LogP contribution in [0.2, 0.25) is 0 Å². The van der Waals surface area contributed by atoms with E-state index in [4.69, 9.17) is 0 Å². The average molecular weight is 192 g/mol. The third-order valence-electron chi connectivity index (χ3n) is 2.28. The fraction of sp³-hybridized carbons (Fsp3) is 0.273. The molecule has 0 aromatic heterocycles. The van der Waals surface area contributed by atoms with Gasteiger partial charge in [-0.25, -0.2) is 0 Å². The van der Waals surface area contributed by atoms with Crippen molar-refractivity contribution in [2.75, 3.05) is 5.75 Å². The number of fused-ring (bicyclic) bond motifs is 1. The Morgan fingerprint density at radius 1 is 1.38 bits per heavy atom. The summed E-state index contributed by atoms with van der Waals surface area (Å²) in [7, 11) is 0. The van der Waals surface area contributed by atoms with Crippen molar-refractivity contribution in [3.8, 4) is 0 Å². The van der Waals surface area contributed by atoms with Crippen molar-refractivity contribution in [2.45, 2.75) is 17.4 Å². The van der Waals surface area contributed by atoms with Crippen molar-refractivity contribution in [1.29, 1.82) is 0 Å². The molecule has 13 heavy (non-hydrogen) atoms. The van der Waals surface area contributed by atoms with Crippen molar-refractivity contribution >= 4 is 11.8 Å². The van der Waals surface area contributed by atoms with Crippen molar-refractivity contribution in [3.05, 3.63) is 42.0 Å². The van der Waals surface area contributed by atoms with Crippen molar-refractivity contribution in [1.82, 2.24) is 0 Å². The molecule has 0 saturated heterocycles. The van der Waals surface area contributed by atoms with Crippen LogP contribution in [-0.2, 0) is 0 Å². The van der Waals surface area contributed by atoms with Crippen LogP contribution in [0.3, 0.4) is 0 Å². The van der Waals surface area contributed by atoms with E-state index in [1.165, 1.54) is 4.90 Å². The molecule has 2 rings (SSSR count). The maximum Gasteiger partial charge on any atom is 0.101 e. The molecule has 68 valence electrons. The van der Waals surface area contributed by atoms with Crippen LogP contribution in [0.4, 0.5) is 0 Å². The van der Waals surface area contributed by atoms with Crippen LogP contribution < -0.4 is 0 Å². The van der Waals surface area contributed by atoms with Gasteiger partial charge in [-0.1, -0.05) is 24.8 Å². The molecule has 0 radical (unpaired) electrons. The summed E-state index contributed by atoms with van der Waals surface area (Å²) >= 11 is 1.80. The summed E-state index contributed by atoms with van der Waals surface area (Å²) < 4.78 is 0. The molecule has 1 aromatic rings. The number of rotatable bonds is 0. The lowest BCUT2D eigenvalue weighted by Gasteiger charge is -2.11. The molecular formula is C11H12OS. The molecule has 0 aliphatic carbocycles. The first-order valence-corrected chi connectivity index (χ1v) is 5.35. The van der Waals surface area contributed by atoms with E-state index in [-0.39, 0.29) is 0 Å². The summed E-state index contributed by atoms with van der Waals surface area (Å²) in [6.45, 7) is 3.89. The summed E-state index contributed by atoms with van der Waals surface area (Å²) in [5.74, 6) is 1.02. The molecule has 0 bridgehead atoms. The molecule has 0 amide bonds. The Balaban J connectivity index is 2.46. The number of aliphatic hydroxyl groups is 1. The highest BCUT2D eigenvalue weighted by molar-refractivity contribution is 7.99. The Labute approximate surface area is 82.5 Å². The molecule has 1 aliphatic heterocycles. The molecule has 0 fully saturated rings. The van der Waals surface area contributed by atoms with Gasteiger partial charge in [0.2, 0.25) is 0 Å². The Kier molecular flexibility index (Phi) is 2.42. The quantitative estimate of drug-likeness (QED) is 0.638. The molecule has 1 nitrogen and oxygen atoms in total. The van der Waals surface area contributed by atoms with Gasteiger partial charge in [0.15, 0.2) is 0 Å². The Morgan fingerprint density at radius 3 is 3.00 bits per heavy atom. The molecule has 1 atom stereocenters. The average Bonchev–Trinajstić information content (AvgIpc) is 2.29. The fourth-order valence-corrected chi connectivity index (χ4v) is 2.59. The second kappa shape index (κ2) is 3.56. The SMILES string of the molecule is C=C1CCSc2ccccc2C1O. The van der Waals surface area contributed by atoms with E-state index in [1.807, 2.05) is 18.2 Å². The number of thioether (sulfide) groups is 1. The Bertz CT molecular complexity index is 333. The van der Waals surface area contributed by atoms with Crippen LogP contribution in [0.25, 0.3) is 0 Å². The lowest BCUT2D eigenvalue weighted by molar-refractivity contribution is 0.211. The van der Waals surface area contributed by atoms with Gasteiger partial charge in [-0.2, -0.15) is 0 Å². The highest BCUT2D eigenvalue weighted by Gasteiger charge is 2.18. The van der Waals surface area contributed by atoms with Crippen LogP contribution >= 0.6 is 11.8 Å². The zero-order valence-corrected chi connectivity index (χ0v) is 8.18. The predicted octanol–water partition coefficient (Wildman–Crippen LogP) is 2.77. The van der Waals surface area contributed by atoms with Gasteiger partial charge in [0.1, 0.15) is 6.10 Å². The van der Waals surface area contributed by atoms with Gasteiger partial charge < -0.3 is 5.11 Å². The molecule has 0 saturated carbocycles. The van der Waals surface area contributed by atoms with E-state index in [0.29, 0.717) is 0 Å². The van der Waals surface area contributed by atoms with Crippen LogP contribution in [0.15, 0.2) is 41.3 Å². The third kappa shape index (κ3) is 1.64. The minimum atomic E-state index is -0.466. The number of hydrogen-bond acceptors (Lipinski definition) is 2. The molecule has 1 aliphatic rings. The zero-order valence-electron chi connectivity index (χ0n) is 7.36. The summed E-state index contributed by atoms with van der Waals surface area (Å²) in [5.41, 5.74) is 1.94. The fourth-order valence-electron chi connectivity index (χ4n) is 1.49. The Hall–Kier alpha value is -0.730. The van der Waals surface area contributed by atoms with Gasteiger partial charge in [0, 0.05) is 10.6 Å². The number of benzene rings is 1. The molecule has 1 aromatic carbocycles. The normalized spacial score (nSPS) is 22.2. The van der Waals surface area contributed by atoms with E-state index in [9.17, 15) is 5.11 Å². The largest absolute Gasteiger partial charge is 0.384 e. The van der Waals surface area contributed by atoms with Crippen molar-refractivity contribution in [3.63, 3.8) is 0 Å². The predicted molar refractivity (Wildman–Crippen MR) is 55.9 cm³/mol. The minimum Gasteiger partial charge on any atom is -0.384 e. The topological polar surface area (TPSA) is 20.2 Å². The van der Waals surface area contributed by atoms with Crippen molar-refractivity contribution in [2.24, 2.45) is 0 Å². The maximum atomic E-state index is 9.90. The highest BCUT2D eigenvalue weighted by Crippen LogP contribution is 2.36. The van der Waals surface area contributed by atoms with Crippen LogP contribution in [0.5, 0.6) is 0 Å². The molecule has 1 unspecified atom stereocenters. The summed E-state index contributed by atoms with van der Waals surface area (Å²) in [4.78, 5) is 1.19. The molecule has 0 spiro atoms. The first-order chi connectivity index (χ1) is 6.29. The first-order valence-electron chi connectivity index (χ1n) is 4.36. The van der Waals surface area contributed by atoms with E-state index < -0.39 is 6.10 Å². The van der Waals surface area contributed by atoms with Crippen molar-refractivity contribution < 1.29 is 5.11 Å². The lowest BCUT2D eigenvalue weighted by atomic mass is 10.0. The molecule has 1 heterocycles. The van der Waals surface area contributed by atoms with E-state index >= 15 is 0 Å². The smallest absolute Gasteiger partial charge is 0.101 e. The standard InChI is InChI=1S/C11H12OS/c1-8-6-7-13-10-5-3-2-4-9(10)11(8)12/h2-5,11-12H,1,6-7H2. The third-order valence-corrected chi connectivity index (χ3v) is 3.37. The maximum absolute atomic E-state index is 9.90. The zero-order chi connectivity index (χ0) is 9.26. The van der Waals surface area contributed by atoms with Crippen LogP contribution in [-0.4, -0.2) is 10.9 Å². The second-order valence-corrected chi connectivity index (χ2v) is 4.33. The van der Waals surface area contributed by atoms with Gasteiger partial charge in [0.05, 0.1) is 0 Å². The molecule has 1 N–H and O–H groups in total. The van der Waals surface area contributed by atoms with Gasteiger partial charge in [-0.15, -0.1) is 11.8 Å². The van der Waals surface area contributed by atoms with Gasteiger partial charge in [0.25, 0.3) is 0 Å². The van der Waals surface area contributed by atoms with Crippen LogP contribution in [0.1, 0.15) is 18.1 Å². The van der Waals surface area contributed by atoms with Crippen LogP contribution in [0, 0.1) is 0 Å².